The van der Waals surface area contributed by atoms with E-state index in [-0.39, 0.29) is 49.8 Å². The van der Waals surface area contributed by atoms with E-state index in [4.69, 9.17) is 23.8 Å². The van der Waals surface area contributed by atoms with E-state index in [1.165, 1.54) is 57.6 Å². The Morgan fingerprint density at radius 1 is 0.831 bits per heavy atom. The minimum atomic E-state index is -1.12. The normalized spacial score (nSPS) is 28.0. The van der Waals surface area contributed by atoms with E-state index in [2.05, 4.69) is 51.2 Å². The summed E-state index contributed by atoms with van der Waals surface area (Å²) in [7, 11) is 4.82. The zero-order valence-electron chi connectivity index (χ0n) is 43.9. The van der Waals surface area contributed by atoms with Crippen LogP contribution in [0, 0.1) is 46.3 Å². The van der Waals surface area contributed by atoms with Crippen LogP contribution in [0.1, 0.15) is 141 Å². The summed E-state index contributed by atoms with van der Waals surface area (Å²) in [5, 5.41) is 7.24. The van der Waals surface area contributed by atoms with Crippen molar-refractivity contribution in [1.29, 1.82) is 0 Å². The first-order valence-corrected chi connectivity index (χ1v) is 26.8. The van der Waals surface area contributed by atoms with Crippen LogP contribution in [0.25, 0.3) is 0 Å². The van der Waals surface area contributed by atoms with Crippen LogP contribution in [0.3, 0.4) is 0 Å². The van der Waals surface area contributed by atoms with Crippen LogP contribution in [0.4, 0.5) is 0 Å². The fraction of sp³-hybridized carbons (Fsp3) is 0.600. The van der Waals surface area contributed by atoms with Gasteiger partial charge in [-0.2, -0.15) is 0 Å². The lowest BCUT2D eigenvalue weighted by Crippen LogP contribution is -2.50. The van der Waals surface area contributed by atoms with Crippen molar-refractivity contribution >= 4 is 23.5 Å². The van der Waals surface area contributed by atoms with Crippen molar-refractivity contribution in [3.63, 3.8) is 0 Å². The number of carbonyl (C=O) groups is 3. The molecule has 1 saturated heterocycles. The summed E-state index contributed by atoms with van der Waals surface area (Å²) >= 11 is 0. The second-order valence-electron chi connectivity index (χ2n) is 22.4. The molecule has 4 fully saturated rings. The highest BCUT2D eigenvalue weighted by Gasteiger charge is 2.59. The van der Waals surface area contributed by atoms with Crippen molar-refractivity contribution in [3.05, 3.63) is 107 Å². The number of hydrogen-bond acceptors (Lipinski definition) is 9. The summed E-state index contributed by atoms with van der Waals surface area (Å²) in [6, 6.07) is 25.2. The molecule has 1 heterocycles. The molecule has 2 amide bonds. The van der Waals surface area contributed by atoms with Gasteiger partial charge in [0, 0.05) is 26.3 Å². The number of rotatable bonds is 20. The lowest BCUT2D eigenvalue weighted by atomic mass is 9.47. The zero-order chi connectivity index (χ0) is 50.3. The molecule has 4 aliphatic carbocycles. The lowest BCUT2D eigenvalue weighted by Gasteiger charge is -2.58. The highest BCUT2D eigenvalue weighted by molar-refractivity contribution is 5.88. The fourth-order valence-corrected chi connectivity index (χ4v) is 14.2. The van der Waals surface area contributed by atoms with Crippen molar-refractivity contribution in [2.45, 2.75) is 142 Å². The van der Waals surface area contributed by atoms with E-state index in [0.717, 1.165) is 77.7 Å². The summed E-state index contributed by atoms with van der Waals surface area (Å²) in [6.07, 6.45) is 15.6. The standard InChI is InChI=1S/C60H81N3O8/c1-40(2)13-12-14-41(3)52-27-28-53-51-26-21-45-35-46(31-33-58(45,4)54(51)32-34-59(52,53)5)62-70-39-56(65)63-37-50(71-57(66)30-29-55(64)61-6)36-47(63)38-69-60(42-15-10-9-11-16-42,43-17-22-48(67-7)23-18-43)44-19-24-49(68-8)25-20-44/h9-11,15-25,40-41,47,50-54H,12-14,26-39H2,1-8H3,(H,61,64)/t41-,47+,50-,51+,52-,53+,54+,58+,59-/m1/s1. The van der Waals surface area contributed by atoms with Crippen LogP contribution >= 0.6 is 0 Å². The zero-order valence-corrected chi connectivity index (χ0v) is 43.9. The SMILES string of the molecule is CNC(=O)CCC(=O)O[C@@H]1C[C@@H](COC(c2ccccc2)(c2ccc(OC)cc2)c2ccc(OC)cc2)N(C(=O)CON=C2CC[C@@]3(C)C(=CC[C@H]4[C@@H]5CC[C@H]([C@H](C)CCCC(C)C)[C@@]5(C)CC[C@@H]43)C2)C1. The van der Waals surface area contributed by atoms with Gasteiger partial charge in [0.25, 0.3) is 5.91 Å². The molecule has 1 aliphatic heterocycles. The van der Waals surface area contributed by atoms with Gasteiger partial charge in [-0.25, -0.2) is 0 Å². The number of nitrogens with one attached hydrogen (secondary N) is 1. The molecule has 0 unspecified atom stereocenters. The molecule has 1 N–H and O–H groups in total. The van der Waals surface area contributed by atoms with E-state index in [0.29, 0.717) is 29.3 Å². The van der Waals surface area contributed by atoms with Gasteiger partial charge in [0.2, 0.25) is 5.91 Å². The van der Waals surface area contributed by atoms with Gasteiger partial charge in [0.05, 0.1) is 45.5 Å². The second-order valence-corrected chi connectivity index (χ2v) is 22.4. The number of esters is 1. The monoisotopic (exact) mass is 972 g/mol. The van der Waals surface area contributed by atoms with Crippen molar-refractivity contribution in [1.82, 2.24) is 10.2 Å². The average Bonchev–Trinajstić information content (AvgIpc) is 3.96. The molecular weight excluding hydrogens is 891 g/mol. The van der Waals surface area contributed by atoms with Gasteiger partial charge in [-0.3, -0.25) is 14.4 Å². The highest BCUT2D eigenvalue weighted by atomic mass is 16.6. The number of benzene rings is 3. The third-order valence-corrected chi connectivity index (χ3v) is 18.0. The molecule has 3 saturated carbocycles. The van der Waals surface area contributed by atoms with Gasteiger partial charge in [0.15, 0.2) is 6.61 Å². The van der Waals surface area contributed by atoms with Gasteiger partial charge >= 0.3 is 5.97 Å². The van der Waals surface area contributed by atoms with Crippen molar-refractivity contribution in [3.8, 4) is 11.5 Å². The molecule has 0 spiro atoms. The Bertz CT molecular complexity index is 2300. The van der Waals surface area contributed by atoms with Crippen LogP contribution in [0.5, 0.6) is 11.5 Å². The third kappa shape index (κ3) is 11.1. The first-order valence-electron chi connectivity index (χ1n) is 26.8. The van der Waals surface area contributed by atoms with Crippen molar-refractivity contribution < 1.29 is 38.2 Å². The molecule has 0 radical (unpaired) electrons. The minimum absolute atomic E-state index is 0.0184. The summed E-state index contributed by atoms with van der Waals surface area (Å²) in [5.74, 6) is 5.11. The first kappa shape index (κ1) is 52.2. The molecule has 11 nitrogen and oxygen atoms in total. The van der Waals surface area contributed by atoms with Crippen molar-refractivity contribution in [2.75, 3.05) is 41.0 Å². The predicted octanol–water partition coefficient (Wildman–Crippen LogP) is 11.5. The van der Waals surface area contributed by atoms with Crippen LogP contribution in [0.2, 0.25) is 0 Å². The number of likely N-dealkylation sites (tertiary alicyclic amines) is 1. The van der Waals surface area contributed by atoms with Crippen LogP contribution < -0.4 is 14.8 Å². The maximum Gasteiger partial charge on any atom is 0.306 e. The van der Waals surface area contributed by atoms with Gasteiger partial charge < -0.3 is 34.0 Å². The number of nitrogens with zero attached hydrogens (tertiary/aromatic N) is 2. The summed E-state index contributed by atoms with van der Waals surface area (Å²) in [6.45, 7) is 12.5. The highest BCUT2D eigenvalue weighted by Crippen LogP contribution is 2.67. The molecule has 3 aromatic rings. The molecule has 0 bridgehead atoms. The maximum atomic E-state index is 14.4. The summed E-state index contributed by atoms with van der Waals surface area (Å²) < 4.78 is 24.3. The average molecular weight is 972 g/mol. The third-order valence-electron chi connectivity index (χ3n) is 18.0. The molecule has 8 rings (SSSR count). The Morgan fingerprint density at radius 2 is 1.51 bits per heavy atom. The van der Waals surface area contributed by atoms with E-state index >= 15 is 0 Å². The minimum Gasteiger partial charge on any atom is -0.497 e. The molecule has 9 atom stereocenters. The Morgan fingerprint density at radius 3 is 2.15 bits per heavy atom. The van der Waals surface area contributed by atoms with Crippen molar-refractivity contribution in [2.24, 2.45) is 51.5 Å². The van der Waals surface area contributed by atoms with Crippen LogP contribution in [0.15, 0.2) is 95.7 Å². The van der Waals surface area contributed by atoms with Crippen LogP contribution in [-0.2, 0) is 34.3 Å². The molecule has 0 aromatic heterocycles. The molecule has 384 valence electrons. The van der Waals surface area contributed by atoms with Gasteiger partial charge in [-0.1, -0.05) is 125 Å². The number of methoxy groups -OCH3 is 2. The molecule has 3 aromatic carbocycles. The van der Waals surface area contributed by atoms with Gasteiger partial charge in [-0.05, 0) is 132 Å². The Kier molecular flexibility index (Phi) is 16.7. The predicted molar refractivity (Wildman–Crippen MR) is 278 cm³/mol. The molecule has 5 aliphatic rings. The van der Waals surface area contributed by atoms with E-state index in [1.54, 1.807) is 19.1 Å². The van der Waals surface area contributed by atoms with E-state index in [1.807, 2.05) is 78.9 Å². The number of amides is 2. The number of carbonyl (C=O) groups excluding carboxylic acids is 3. The number of oxime groups is 1. The molecule has 71 heavy (non-hydrogen) atoms. The second kappa shape index (κ2) is 22.7. The fourth-order valence-electron chi connectivity index (χ4n) is 14.2. The first-order chi connectivity index (χ1) is 34.2. The smallest absolute Gasteiger partial charge is 0.306 e. The molecular formula is C60H81N3O8. The van der Waals surface area contributed by atoms with Gasteiger partial charge in [0.1, 0.15) is 23.2 Å². The number of ether oxygens (including phenoxy) is 4. The summed E-state index contributed by atoms with van der Waals surface area (Å²) in [4.78, 5) is 47.2. The number of allylic oxidation sites excluding steroid dienone is 2. The Balaban J connectivity index is 0.975. The van der Waals surface area contributed by atoms with E-state index in [9.17, 15) is 14.4 Å². The maximum absolute atomic E-state index is 14.4. The van der Waals surface area contributed by atoms with Crippen LogP contribution in [-0.4, -0.2) is 81.6 Å². The summed E-state index contributed by atoms with van der Waals surface area (Å²) in [5.41, 5.74) is 4.62. The van der Waals surface area contributed by atoms with E-state index < -0.39 is 23.7 Å². The quantitative estimate of drug-likeness (QED) is 0.0514. The lowest BCUT2D eigenvalue weighted by molar-refractivity contribution is -0.150. The number of hydrogen-bond donors (Lipinski definition) is 1. The largest absolute Gasteiger partial charge is 0.497 e. The number of fused-ring (bicyclic) bond motifs is 5. The van der Waals surface area contributed by atoms with Gasteiger partial charge in [-0.15, -0.1) is 0 Å². The molecule has 11 heteroatoms. The Labute approximate surface area is 423 Å². The Hall–Kier alpha value is -5.16. The topological polar surface area (TPSA) is 125 Å².